The molecule has 2 fully saturated rings. The minimum atomic E-state index is -1.65. The lowest BCUT2D eigenvalue weighted by molar-refractivity contribution is -0.156. The molecule has 2 saturated carbocycles. The van der Waals surface area contributed by atoms with Crippen molar-refractivity contribution < 1.29 is 29.1 Å². The first-order chi connectivity index (χ1) is 13.6. The second-order valence-electron chi connectivity index (χ2n) is 8.50. The first-order valence-electron chi connectivity index (χ1n) is 9.61. The molecule has 8 heteroatoms. The van der Waals surface area contributed by atoms with E-state index in [1.54, 1.807) is 19.9 Å². The van der Waals surface area contributed by atoms with Gasteiger partial charge in [-0.1, -0.05) is 6.92 Å². The Morgan fingerprint density at radius 1 is 1.10 bits per heavy atom. The lowest BCUT2D eigenvalue weighted by atomic mass is 9.53. The van der Waals surface area contributed by atoms with Crippen LogP contribution in [-0.4, -0.2) is 34.1 Å². The van der Waals surface area contributed by atoms with Crippen molar-refractivity contribution in [3.05, 3.63) is 22.8 Å². The average Bonchev–Trinajstić information content (AvgIpc) is 2.63. The molecule has 0 spiro atoms. The van der Waals surface area contributed by atoms with Crippen LogP contribution in [0.2, 0.25) is 0 Å². The molecule has 0 heterocycles. The summed E-state index contributed by atoms with van der Waals surface area (Å²) in [6.07, 6.45) is 0.610. The highest BCUT2D eigenvalue weighted by molar-refractivity contribution is 6.28. The quantitative estimate of drug-likeness (QED) is 0.350. The normalized spacial score (nSPS) is 33.7. The second kappa shape index (κ2) is 6.23. The molecule has 1 aromatic carbocycles. The van der Waals surface area contributed by atoms with Gasteiger partial charge in [-0.2, -0.15) is 0 Å². The largest absolute Gasteiger partial charge is 0.507 e. The van der Waals surface area contributed by atoms with Gasteiger partial charge in [0.15, 0.2) is 29.1 Å². The van der Waals surface area contributed by atoms with Gasteiger partial charge in [-0.3, -0.25) is 24.0 Å². The molecule has 1 aromatic rings. The van der Waals surface area contributed by atoms with E-state index in [1.165, 1.54) is 0 Å². The molecule has 6 atom stereocenters. The summed E-state index contributed by atoms with van der Waals surface area (Å²) in [5.41, 5.74) is 12.7. The number of ketones is 4. The lowest BCUT2D eigenvalue weighted by Crippen LogP contribution is -2.59. The fraction of sp³-hybridized carbons (Fsp3) is 0.476. The maximum atomic E-state index is 13.3. The van der Waals surface area contributed by atoms with Crippen LogP contribution in [0.1, 0.15) is 34.8 Å². The highest BCUT2D eigenvalue weighted by atomic mass is 16.3. The highest BCUT2D eigenvalue weighted by Gasteiger charge is 2.59. The summed E-state index contributed by atoms with van der Waals surface area (Å²) in [4.78, 5) is 63.6. The van der Waals surface area contributed by atoms with Crippen molar-refractivity contribution in [2.75, 3.05) is 5.73 Å². The van der Waals surface area contributed by atoms with Crippen LogP contribution in [0.25, 0.3) is 0 Å². The smallest absolute Gasteiger partial charge is 0.235 e. The molecular formula is C21H22N2O6. The van der Waals surface area contributed by atoms with E-state index in [4.69, 9.17) is 11.5 Å². The Morgan fingerprint density at radius 2 is 1.76 bits per heavy atom. The number of amides is 1. The zero-order valence-corrected chi connectivity index (χ0v) is 16.1. The number of phenolic OH excluding ortho intramolecular Hbond substituents is 1. The summed E-state index contributed by atoms with van der Waals surface area (Å²) in [6.45, 7) is 3.21. The topological polar surface area (TPSA) is 158 Å². The number of hydrogen-bond acceptors (Lipinski definition) is 7. The van der Waals surface area contributed by atoms with Gasteiger partial charge in [0.2, 0.25) is 5.91 Å². The number of Topliss-reactive ketones (excluding diaryl/α,β-unsaturated/α-hetero) is 4. The number of carbonyl (C=O) groups excluding carboxylic acids is 5. The van der Waals surface area contributed by atoms with Gasteiger partial charge in [-0.25, -0.2) is 0 Å². The van der Waals surface area contributed by atoms with Gasteiger partial charge in [-0.15, -0.1) is 0 Å². The van der Waals surface area contributed by atoms with Gasteiger partial charge in [0.1, 0.15) is 5.75 Å². The molecule has 0 aromatic heterocycles. The second-order valence-corrected chi connectivity index (χ2v) is 8.50. The van der Waals surface area contributed by atoms with Crippen molar-refractivity contribution in [3.8, 4) is 5.75 Å². The van der Waals surface area contributed by atoms with Crippen molar-refractivity contribution >= 4 is 34.7 Å². The molecule has 5 N–H and O–H groups in total. The molecule has 29 heavy (non-hydrogen) atoms. The maximum Gasteiger partial charge on any atom is 0.235 e. The van der Waals surface area contributed by atoms with Crippen LogP contribution in [0.15, 0.2) is 6.07 Å². The van der Waals surface area contributed by atoms with Crippen LogP contribution in [0.3, 0.4) is 0 Å². The zero-order valence-electron chi connectivity index (χ0n) is 16.1. The van der Waals surface area contributed by atoms with Gasteiger partial charge < -0.3 is 16.6 Å². The van der Waals surface area contributed by atoms with Crippen LogP contribution < -0.4 is 11.5 Å². The molecule has 152 valence electrons. The van der Waals surface area contributed by atoms with E-state index in [-0.39, 0.29) is 11.3 Å². The van der Waals surface area contributed by atoms with Gasteiger partial charge in [0.25, 0.3) is 0 Å². The third-order valence-electron chi connectivity index (χ3n) is 6.97. The van der Waals surface area contributed by atoms with Gasteiger partial charge in [-0.05, 0) is 48.8 Å². The summed E-state index contributed by atoms with van der Waals surface area (Å²) >= 11 is 0. The summed E-state index contributed by atoms with van der Waals surface area (Å²) in [5.74, 6) is -9.43. The maximum absolute atomic E-state index is 13.3. The van der Waals surface area contributed by atoms with Crippen molar-refractivity contribution in [3.63, 3.8) is 0 Å². The van der Waals surface area contributed by atoms with E-state index >= 15 is 0 Å². The Bertz CT molecular complexity index is 1010. The summed E-state index contributed by atoms with van der Waals surface area (Å²) in [5, 5.41) is 10.4. The third kappa shape index (κ3) is 2.47. The Morgan fingerprint density at radius 3 is 2.38 bits per heavy atom. The van der Waals surface area contributed by atoms with E-state index in [1.807, 2.05) is 0 Å². The van der Waals surface area contributed by atoms with Crippen molar-refractivity contribution in [1.29, 1.82) is 0 Å². The fourth-order valence-electron chi connectivity index (χ4n) is 5.50. The number of phenols is 1. The SMILES string of the molecule is Cc1cc(N)c2c(c1O)C(=O)C1C(=O)C3C(=O)C(C(N)=O)C(=O)C(C)C3CC1C2. The number of anilines is 1. The standard InChI is InChI=1S/C21H22N2O6/c1-6-3-11(22)10-5-8-4-9-7(2)17(25)15(21(23)29)20(28)13(9)18(26)12(8)19(27)14(10)16(6)24/h3,7-9,12-13,15,24H,4-5,22H2,1-2H3,(H2,23,29). The predicted molar refractivity (Wildman–Crippen MR) is 101 cm³/mol. The van der Waals surface area contributed by atoms with Crippen LogP contribution in [-0.2, 0) is 25.6 Å². The summed E-state index contributed by atoms with van der Waals surface area (Å²) < 4.78 is 0. The zero-order chi connectivity index (χ0) is 21.4. The van der Waals surface area contributed by atoms with Crippen molar-refractivity contribution in [2.24, 2.45) is 41.2 Å². The van der Waals surface area contributed by atoms with E-state index in [0.717, 1.165) is 0 Å². The minimum Gasteiger partial charge on any atom is -0.507 e. The molecular weight excluding hydrogens is 376 g/mol. The Kier molecular flexibility index (Phi) is 4.15. The number of nitrogens with two attached hydrogens (primary N) is 2. The number of aryl methyl sites for hydroxylation is 1. The number of primary amides is 1. The third-order valence-corrected chi connectivity index (χ3v) is 6.97. The van der Waals surface area contributed by atoms with Gasteiger partial charge in [0, 0.05) is 11.6 Å². The Hall–Kier alpha value is -3.03. The number of nitrogen functional groups attached to an aromatic ring is 1. The van der Waals surface area contributed by atoms with Crippen molar-refractivity contribution in [2.45, 2.75) is 26.7 Å². The van der Waals surface area contributed by atoms with Crippen LogP contribution in [0.4, 0.5) is 5.69 Å². The van der Waals surface area contributed by atoms with Crippen LogP contribution in [0, 0.1) is 42.4 Å². The molecule has 1 amide bonds. The minimum absolute atomic E-state index is 0.0365. The van der Waals surface area contributed by atoms with Crippen molar-refractivity contribution in [1.82, 2.24) is 0 Å². The first kappa shape index (κ1) is 19.3. The number of fused-ring (bicyclic) bond motifs is 3. The number of rotatable bonds is 1. The van der Waals surface area contributed by atoms with Gasteiger partial charge >= 0.3 is 0 Å². The molecule has 6 unspecified atom stereocenters. The summed E-state index contributed by atoms with van der Waals surface area (Å²) in [6, 6.07) is 1.59. The monoisotopic (exact) mass is 398 g/mol. The van der Waals surface area contributed by atoms with E-state index in [9.17, 15) is 29.1 Å². The molecule has 3 aliphatic carbocycles. The number of aromatic hydroxyl groups is 1. The number of carbonyl (C=O) groups is 5. The average molecular weight is 398 g/mol. The Balaban J connectivity index is 1.81. The van der Waals surface area contributed by atoms with E-state index < -0.39 is 64.5 Å². The molecule has 4 rings (SSSR count). The lowest BCUT2D eigenvalue weighted by Gasteiger charge is -2.46. The Labute approximate surface area is 166 Å². The highest BCUT2D eigenvalue weighted by Crippen LogP contribution is 2.50. The molecule has 0 bridgehead atoms. The van der Waals surface area contributed by atoms with Crippen LogP contribution in [0.5, 0.6) is 5.75 Å². The fourth-order valence-corrected chi connectivity index (χ4v) is 5.50. The van der Waals surface area contributed by atoms with Crippen LogP contribution >= 0.6 is 0 Å². The predicted octanol–water partition coefficient (Wildman–Crippen LogP) is 0.349. The number of benzene rings is 1. The van der Waals surface area contributed by atoms with E-state index in [2.05, 4.69) is 0 Å². The molecule has 3 aliphatic rings. The molecule has 8 nitrogen and oxygen atoms in total. The number of hydrogen-bond donors (Lipinski definition) is 3. The molecule has 0 aliphatic heterocycles. The van der Waals surface area contributed by atoms with E-state index in [0.29, 0.717) is 29.7 Å². The molecule has 0 saturated heterocycles. The van der Waals surface area contributed by atoms with Gasteiger partial charge in [0.05, 0.1) is 17.4 Å². The molecule has 0 radical (unpaired) electrons. The summed E-state index contributed by atoms with van der Waals surface area (Å²) in [7, 11) is 0. The first-order valence-corrected chi connectivity index (χ1v) is 9.61.